The van der Waals surface area contributed by atoms with E-state index >= 15 is 0 Å². The van der Waals surface area contributed by atoms with Gasteiger partial charge in [0.05, 0.1) is 6.20 Å². The average Bonchev–Trinajstić information content (AvgIpc) is 3.13. The SMILES string of the molecule is Nc1nc(Cl)cc2cc(NC(=O)[C@H]3C[C@@H]3c3cn[nH]c3)ncc12. The number of aromatic nitrogens is 4. The highest BCUT2D eigenvalue weighted by atomic mass is 35.5. The molecule has 116 valence electrons. The molecule has 4 rings (SSSR count). The average molecular weight is 329 g/mol. The Kier molecular flexibility index (Phi) is 3.16. The maximum absolute atomic E-state index is 12.3. The Morgan fingerprint density at radius 1 is 1.39 bits per heavy atom. The number of nitrogen functional groups attached to an aromatic ring is 1. The summed E-state index contributed by atoms with van der Waals surface area (Å²) >= 11 is 5.91. The first-order valence-electron chi connectivity index (χ1n) is 7.13. The standard InChI is InChI=1S/C15H13ClN6O/c16-12-1-7-2-13(18-6-11(7)14(17)21-12)22-15(23)10-3-9(10)8-4-19-20-5-8/h1-2,4-6,9-10H,3H2,(H2,17,21)(H,19,20)(H,18,22,23)/t9-,10+/m1/s1. The molecular formula is C15H13ClN6O. The minimum Gasteiger partial charge on any atom is -0.383 e. The number of halogens is 1. The summed E-state index contributed by atoms with van der Waals surface area (Å²) in [6.45, 7) is 0. The third-order valence-electron chi connectivity index (χ3n) is 4.04. The van der Waals surface area contributed by atoms with Gasteiger partial charge < -0.3 is 11.1 Å². The van der Waals surface area contributed by atoms with Gasteiger partial charge in [-0.05, 0) is 35.4 Å². The monoisotopic (exact) mass is 328 g/mol. The number of anilines is 2. The van der Waals surface area contributed by atoms with E-state index in [-0.39, 0.29) is 17.7 Å². The van der Waals surface area contributed by atoms with E-state index in [4.69, 9.17) is 17.3 Å². The minimum absolute atomic E-state index is 0.0452. The first-order chi connectivity index (χ1) is 11.1. The van der Waals surface area contributed by atoms with E-state index in [0.717, 1.165) is 17.4 Å². The highest BCUT2D eigenvalue weighted by Crippen LogP contribution is 2.47. The topological polar surface area (TPSA) is 110 Å². The molecule has 1 amide bonds. The van der Waals surface area contributed by atoms with Crippen molar-refractivity contribution in [2.45, 2.75) is 12.3 Å². The van der Waals surface area contributed by atoms with Crippen molar-refractivity contribution < 1.29 is 4.79 Å². The van der Waals surface area contributed by atoms with Crippen LogP contribution < -0.4 is 11.1 Å². The van der Waals surface area contributed by atoms with Gasteiger partial charge in [-0.1, -0.05) is 11.6 Å². The number of hydrogen-bond donors (Lipinski definition) is 3. The molecule has 4 N–H and O–H groups in total. The second kappa shape index (κ2) is 5.20. The number of pyridine rings is 2. The Bertz CT molecular complexity index is 894. The van der Waals surface area contributed by atoms with Crippen molar-refractivity contribution in [3.8, 4) is 0 Å². The normalized spacial score (nSPS) is 19.7. The van der Waals surface area contributed by atoms with Crippen molar-refractivity contribution in [1.29, 1.82) is 0 Å². The molecule has 0 aliphatic heterocycles. The summed E-state index contributed by atoms with van der Waals surface area (Å²) in [5.74, 6) is 0.929. The summed E-state index contributed by atoms with van der Waals surface area (Å²) < 4.78 is 0. The Balaban J connectivity index is 1.53. The maximum Gasteiger partial charge on any atom is 0.229 e. The van der Waals surface area contributed by atoms with Crippen LogP contribution in [0.2, 0.25) is 5.15 Å². The second-order valence-electron chi connectivity index (χ2n) is 5.59. The Hall–Kier alpha value is -2.67. The summed E-state index contributed by atoms with van der Waals surface area (Å²) in [7, 11) is 0. The van der Waals surface area contributed by atoms with E-state index in [1.54, 1.807) is 24.5 Å². The van der Waals surface area contributed by atoms with E-state index in [9.17, 15) is 4.79 Å². The van der Waals surface area contributed by atoms with E-state index in [0.29, 0.717) is 22.2 Å². The third-order valence-corrected chi connectivity index (χ3v) is 4.23. The molecule has 1 fully saturated rings. The van der Waals surface area contributed by atoms with Gasteiger partial charge in [0.1, 0.15) is 16.8 Å². The maximum atomic E-state index is 12.3. The van der Waals surface area contributed by atoms with E-state index in [2.05, 4.69) is 25.5 Å². The van der Waals surface area contributed by atoms with Crippen LogP contribution in [0.4, 0.5) is 11.6 Å². The van der Waals surface area contributed by atoms with Crippen molar-refractivity contribution >= 4 is 39.9 Å². The van der Waals surface area contributed by atoms with Gasteiger partial charge in [-0.3, -0.25) is 9.89 Å². The van der Waals surface area contributed by atoms with Gasteiger partial charge in [-0.25, -0.2) is 9.97 Å². The molecule has 0 spiro atoms. The fraction of sp³-hybridized carbons (Fsp3) is 0.200. The van der Waals surface area contributed by atoms with Gasteiger partial charge in [0.25, 0.3) is 0 Å². The first-order valence-corrected chi connectivity index (χ1v) is 7.51. The van der Waals surface area contributed by atoms with Crippen LogP contribution in [0.15, 0.2) is 30.7 Å². The van der Waals surface area contributed by atoms with Gasteiger partial charge in [0, 0.05) is 23.7 Å². The number of rotatable bonds is 3. The van der Waals surface area contributed by atoms with Crippen LogP contribution in [0.5, 0.6) is 0 Å². The van der Waals surface area contributed by atoms with Crippen LogP contribution in [-0.4, -0.2) is 26.1 Å². The first kappa shape index (κ1) is 14.0. The molecular weight excluding hydrogens is 316 g/mol. The van der Waals surface area contributed by atoms with Crippen molar-refractivity contribution in [3.63, 3.8) is 0 Å². The highest BCUT2D eigenvalue weighted by Gasteiger charge is 2.44. The Morgan fingerprint density at radius 2 is 2.26 bits per heavy atom. The lowest BCUT2D eigenvalue weighted by Crippen LogP contribution is -2.15. The smallest absolute Gasteiger partial charge is 0.229 e. The van der Waals surface area contributed by atoms with E-state index < -0.39 is 0 Å². The summed E-state index contributed by atoms with van der Waals surface area (Å²) in [5.41, 5.74) is 6.86. The van der Waals surface area contributed by atoms with Gasteiger partial charge in [0.2, 0.25) is 5.91 Å². The molecule has 0 saturated heterocycles. The molecule has 1 saturated carbocycles. The van der Waals surface area contributed by atoms with Crippen LogP contribution in [-0.2, 0) is 4.79 Å². The lowest BCUT2D eigenvalue weighted by molar-refractivity contribution is -0.117. The number of carbonyl (C=O) groups is 1. The molecule has 23 heavy (non-hydrogen) atoms. The number of nitrogens with zero attached hydrogens (tertiary/aromatic N) is 3. The Morgan fingerprint density at radius 3 is 3.04 bits per heavy atom. The summed E-state index contributed by atoms with van der Waals surface area (Å²) in [5, 5.41) is 11.3. The van der Waals surface area contributed by atoms with Crippen LogP contribution in [0.3, 0.4) is 0 Å². The molecule has 1 aliphatic carbocycles. The zero-order valence-corrected chi connectivity index (χ0v) is 12.7. The molecule has 0 aromatic carbocycles. The number of H-pyrrole nitrogens is 1. The number of aromatic amines is 1. The van der Waals surface area contributed by atoms with Crippen molar-refractivity contribution in [1.82, 2.24) is 20.2 Å². The van der Waals surface area contributed by atoms with E-state index in [1.165, 1.54) is 0 Å². The van der Waals surface area contributed by atoms with Crippen LogP contribution in [0.25, 0.3) is 10.8 Å². The molecule has 0 radical (unpaired) electrons. The zero-order valence-electron chi connectivity index (χ0n) is 12.0. The highest BCUT2D eigenvalue weighted by molar-refractivity contribution is 6.30. The lowest BCUT2D eigenvalue weighted by Gasteiger charge is -2.07. The van der Waals surface area contributed by atoms with Gasteiger partial charge in [-0.15, -0.1) is 0 Å². The predicted molar refractivity (Wildman–Crippen MR) is 87.0 cm³/mol. The second-order valence-corrected chi connectivity index (χ2v) is 5.98. The molecule has 3 aromatic heterocycles. The molecule has 3 aromatic rings. The number of amides is 1. The van der Waals surface area contributed by atoms with Crippen molar-refractivity contribution in [2.75, 3.05) is 11.1 Å². The molecule has 3 heterocycles. The van der Waals surface area contributed by atoms with Crippen LogP contribution in [0.1, 0.15) is 17.9 Å². The minimum atomic E-state index is -0.0452. The number of carbonyl (C=O) groups excluding carboxylic acids is 1. The van der Waals surface area contributed by atoms with Crippen molar-refractivity contribution in [2.24, 2.45) is 5.92 Å². The Labute approximate surface area is 136 Å². The molecule has 1 aliphatic rings. The van der Waals surface area contributed by atoms with Gasteiger partial charge >= 0.3 is 0 Å². The number of hydrogen-bond acceptors (Lipinski definition) is 5. The predicted octanol–water partition coefficient (Wildman–Crippen LogP) is 2.33. The summed E-state index contributed by atoms with van der Waals surface area (Å²) in [6, 6.07) is 3.43. The van der Waals surface area contributed by atoms with Crippen molar-refractivity contribution in [3.05, 3.63) is 41.4 Å². The molecule has 7 nitrogen and oxygen atoms in total. The molecule has 8 heteroatoms. The number of fused-ring (bicyclic) bond motifs is 1. The fourth-order valence-electron chi connectivity index (χ4n) is 2.74. The number of nitrogens with two attached hydrogens (primary N) is 1. The van der Waals surface area contributed by atoms with Gasteiger partial charge in [0.15, 0.2) is 0 Å². The molecule has 0 unspecified atom stereocenters. The zero-order chi connectivity index (χ0) is 16.0. The van der Waals surface area contributed by atoms with Gasteiger partial charge in [-0.2, -0.15) is 5.10 Å². The lowest BCUT2D eigenvalue weighted by atomic mass is 10.2. The third kappa shape index (κ3) is 2.59. The fourth-order valence-corrected chi connectivity index (χ4v) is 2.95. The molecule has 0 bridgehead atoms. The summed E-state index contributed by atoms with van der Waals surface area (Å²) in [4.78, 5) is 20.5. The number of nitrogens with one attached hydrogen (secondary N) is 2. The van der Waals surface area contributed by atoms with E-state index in [1.807, 2.05) is 6.20 Å². The molecule has 2 atom stereocenters. The summed E-state index contributed by atoms with van der Waals surface area (Å²) in [6.07, 6.45) is 5.99. The largest absolute Gasteiger partial charge is 0.383 e. The van der Waals surface area contributed by atoms with Crippen LogP contribution in [0, 0.1) is 5.92 Å². The van der Waals surface area contributed by atoms with Crippen LogP contribution >= 0.6 is 11.6 Å². The quantitative estimate of drug-likeness (QED) is 0.639.